The van der Waals surface area contributed by atoms with E-state index in [1.54, 1.807) is 30.3 Å². The van der Waals surface area contributed by atoms with Crippen molar-refractivity contribution in [3.63, 3.8) is 0 Å². The molecule has 7 nitrogen and oxygen atoms in total. The average Bonchev–Trinajstić information content (AvgIpc) is 3.08. The molecule has 1 aliphatic heterocycles. The molecular formula is C21H21NO6. The quantitative estimate of drug-likeness (QED) is 0.538. The van der Waals surface area contributed by atoms with Gasteiger partial charge in [-0.25, -0.2) is 9.79 Å². The lowest BCUT2D eigenvalue weighted by atomic mass is 10.1. The van der Waals surface area contributed by atoms with Crippen molar-refractivity contribution in [3.05, 3.63) is 53.2 Å². The van der Waals surface area contributed by atoms with Crippen molar-refractivity contribution >= 4 is 17.9 Å². The Labute approximate surface area is 163 Å². The zero-order chi connectivity index (χ0) is 20.1. The number of carbonyl (C=O) groups is 1. The smallest absolute Gasteiger partial charge is 0.363 e. The molecule has 1 heterocycles. The molecule has 2 aromatic carbocycles. The fourth-order valence-electron chi connectivity index (χ4n) is 2.83. The van der Waals surface area contributed by atoms with Gasteiger partial charge in [0.25, 0.3) is 0 Å². The molecule has 0 bridgehead atoms. The van der Waals surface area contributed by atoms with E-state index in [-0.39, 0.29) is 11.6 Å². The molecule has 0 saturated heterocycles. The molecule has 0 N–H and O–H groups in total. The number of aliphatic imine (C=N–C) groups is 1. The molecule has 0 spiro atoms. The number of ether oxygens (including phenoxy) is 5. The minimum atomic E-state index is -0.557. The Kier molecular flexibility index (Phi) is 5.84. The number of hydrogen-bond acceptors (Lipinski definition) is 7. The highest BCUT2D eigenvalue weighted by Crippen LogP contribution is 2.41. The number of hydrogen-bond donors (Lipinski definition) is 0. The zero-order valence-electron chi connectivity index (χ0n) is 16.1. The fourth-order valence-corrected chi connectivity index (χ4v) is 2.83. The van der Waals surface area contributed by atoms with Gasteiger partial charge in [-0.1, -0.05) is 12.1 Å². The molecular weight excluding hydrogens is 362 g/mol. The molecule has 0 aromatic heterocycles. The van der Waals surface area contributed by atoms with Crippen molar-refractivity contribution < 1.29 is 28.5 Å². The summed E-state index contributed by atoms with van der Waals surface area (Å²) < 4.78 is 27.0. The van der Waals surface area contributed by atoms with Crippen LogP contribution in [0.1, 0.15) is 18.1 Å². The van der Waals surface area contributed by atoms with Crippen LogP contribution in [0.5, 0.6) is 23.0 Å². The van der Waals surface area contributed by atoms with Crippen LogP contribution in [0.3, 0.4) is 0 Å². The molecule has 0 amide bonds. The van der Waals surface area contributed by atoms with Gasteiger partial charge in [-0.15, -0.1) is 0 Å². The molecule has 0 aliphatic carbocycles. The summed E-state index contributed by atoms with van der Waals surface area (Å²) >= 11 is 0. The topological polar surface area (TPSA) is 75.6 Å². The van der Waals surface area contributed by atoms with Crippen LogP contribution in [0.2, 0.25) is 0 Å². The highest BCUT2D eigenvalue weighted by molar-refractivity contribution is 6.13. The van der Waals surface area contributed by atoms with Crippen LogP contribution in [-0.4, -0.2) is 39.8 Å². The third-order valence-electron chi connectivity index (χ3n) is 4.06. The van der Waals surface area contributed by atoms with Gasteiger partial charge in [-0.05, 0) is 37.3 Å². The largest absolute Gasteiger partial charge is 0.493 e. The summed E-state index contributed by atoms with van der Waals surface area (Å²) in [6.07, 6.45) is 1.58. The number of benzene rings is 2. The Bertz CT molecular complexity index is 948. The predicted octanol–water partition coefficient (Wildman–Crippen LogP) is 3.46. The molecule has 0 unspecified atom stereocenters. The Hall–Kier alpha value is -3.48. The van der Waals surface area contributed by atoms with E-state index in [0.29, 0.717) is 40.7 Å². The summed E-state index contributed by atoms with van der Waals surface area (Å²) in [5.74, 6) is 1.61. The van der Waals surface area contributed by atoms with E-state index in [0.717, 1.165) is 0 Å². The summed E-state index contributed by atoms with van der Waals surface area (Å²) in [6.45, 7) is 2.37. The van der Waals surface area contributed by atoms with E-state index in [1.165, 1.54) is 21.3 Å². The van der Waals surface area contributed by atoms with Gasteiger partial charge in [0.05, 0.1) is 33.5 Å². The van der Waals surface area contributed by atoms with E-state index in [2.05, 4.69) is 4.99 Å². The van der Waals surface area contributed by atoms with Crippen molar-refractivity contribution in [3.8, 4) is 23.0 Å². The van der Waals surface area contributed by atoms with Crippen molar-refractivity contribution in [2.75, 3.05) is 27.9 Å². The first-order chi connectivity index (χ1) is 13.6. The van der Waals surface area contributed by atoms with Crippen LogP contribution in [-0.2, 0) is 9.53 Å². The number of rotatable bonds is 7. The summed E-state index contributed by atoms with van der Waals surface area (Å²) in [6, 6.07) is 10.7. The lowest BCUT2D eigenvalue weighted by Gasteiger charge is -2.14. The first-order valence-corrected chi connectivity index (χ1v) is 8.66. The molecule has 3 rings (SSSR count). The number of carbonyl (C=O) groups excluding carboxylic acids is 1. The highest BCUT2D eigenvalue weighted by Gasteiger charge is 2.27. The zero-order valence-corrected chi connectivity index (χ0v) is 16.1. The summed E-state index contributed by atoms with van der Waals surface area (Å²) in [5, 5.41) is 0. The summed E-state index contributed by atoms with van der Waals surface area (Å²) in [7, 11) is 4.57. The van der Waals surface area contributed by atoms with Gasteiger partial charge in [0, 0.05) is 5.56 Å². The number of methoxy groups -OCH3 is 3. The molecule has 7 heteroatoms. The SMILES string of the molecule is CCOc1ccccc1C1=N/C(=C\c2ccc(OC)c(OC)c2OC)C(=O)O1. The molecule has 2 aromatic rings. The van der Waals surface area contributed by atoms with Crippen LogP contribution in [0.15, 0.2) is 47.1 Å². The van der Waals surface area contributed by atoms with Crippen molar-refractivity contribution in [2.45, 2.75) is 6.92 Å². The van der Waals surface area contributed by atoms with Crippen LogP contribution in [0, 0.1) is 0 Å². The second kappa shape index (κ2) is 8.47. The molecule has 28 heavy (non-hydrogen) atoms. The maximum atomic E-state index is 12.4. The second-order valence-corrected chi connectivity index (χ2v) is 5.69. The third kappa shape index (κ3) is 3.64. The summed E-state index contributed by atoms with van der Waals surface area (Å²) in [5.41, 5.74) is 1.36. The van der Waals surface area contributed by atoms with Gasteiger partial charge in [-0.3, -0.25) is 0 Å². The van der Waals surface area contributed by atoms with Crippen molar-refractivity contribution in [1.82, 2.24) is 0 Å². The maximum absolute atomic E-state index is 12.4. The maximum Gasteiger partial charge on any atom is 0.363 e. The molecule has 0 radical (unpaired) electrons. The molecule has 0 atom stereocenters. The van der Waals surface area contributed by atoms with E-state index in [4.69, 9.17) is 23.7 Å². The lowest BCUT2D eigenvalue weighted by molar-refractivity contribution is -0.129. The van der Waals surface area contributed by atoms with Crippen LogP contribution in [0.25, 0.3) is 6.08 Å². The van der Waals surface area contributed by atoms with Crippen molar-refractivity contribution in [1.29, 1.82) is 0 Å². The van der Waals surface area contributed by atoms with Gasteiger partial charge in [0.2, 0.25) is 11.6 Å². The fraction of sp³-hybridized carbons (Fsp3) is 0.238. The van der Waals surface area contributed by atoms with E-state index >= 15 is 0 Å². The normalized spacial score (nSPS) is 14.5. The molecule has 0 saturated carbocycles. The number of esters is 1. The first-order valence-electron chi connectivity index (χ1n) is 8.66. The Morgan fingerprint density at radius 1 is 0.964 bits per heavy atom. The number of cyclic esters (lactones) is 1. The molecule has 1 aliphatic rings. The minimum absolute atomic E-state index is 0.145. The van der Waals surface area contributed by atoms with Gasteiger partial charge in [0.1, 0.15) is 5.75 Å². The number of para-hydroxylation sites is 1. The Balaban J connectivity index is 2.03. The van der Waals surface area contributed by atoms with Crippen molar-refractivity contribution in [2.24, 2.45) is 4.99 Å². The second-order valence-electron chi connectivity index (χ2n) is 5.69. The van der Waals surface area contributed by atoms with Crippen LogP contribution >= 0.6 is 0 Å². The van der Waals surface area contributed by atoms with Crippen LogP contribution in [0.4, 0.5) is 0 Å². The van der Waals surface area contributed by atoms with Gasteiger partial charge < -0.3 is 23.7 Å². The highest BCUT2D eigenvalue weighted by atomic mass is 16.6. The van der Waals surface area contributed by atoms with Gasteiger partial charge in [-0.2, -0.15) is 0 Å². The van der Waals surface area contributed by atoms with E-state index in [1.807, 2.05) is 19.1 Å². The summed E-state index contributed by atoms with van der Waals surface area (Å²) in [4.78, 5) is 16.7. The third-order valence-corrected chi connectivity index (χ3v) is 4.06. The standard InChI is InChI=1S/C21H21NO6/c1-5-27-16-9-7-6-8-14(16)20-22-15(21(23)28-20)12-13-10-11-17(24-2)19(26-4)18(13)25-3/h6-12H,5H2,1-4H3/b15-12-. The predicted molar refractivity (Wildman–Crippen MR) is 104 cm³/mol. The van der Waals surface area contributed by atoms with E-state index in [9.17, 15) is 4.79 Å². The molecule has 146 valence electrons. The Morgan fingerprint density at radius 3 is 2.39 bits per heavy atom. The van der Waals surface area contributed by atoms with Crippen LogP contribution < -0.4 is 18.9 Å². The molecule has 0 fully saturated rings. The van der Waals surface area contributed by atoms with E-state index < -0.39 is 5.97 Å². The monoisotopic (exact) mass is 383 g/mol. The van der Waals surface area contributed by atoms with Gasteiger partial charge in [0.15, 0.2) is 17.2 Å². The minimum Gasteiger partial charge on any atom is -0.493 e. The Morgan fingerprint density at radius 2 is 1.71 bits per heavy atom. The number of nitrogens with zero attached hydrogens (tertiary/aromatic N) is 1. The first kappa shape index (κ1) is 19.3. The lowest BCUT2D eigenvalue weighted by Crippen LogP contribution is -2.07. The average molecular weight is 383 g/mol. The van der Waals surface area contributed by atoms with Gasteiger partial charge >= 0.3 is 5.97 Å².